The normalized spacial score (nSPS) is 20.1. The Kier molecular flexibility index (Phi) is 2.87. The Hall–Kier alpha value is -1.88. The third-order valence-electron chi connectivity index (χ3n) is 2.29. The van der Waals surface area contributed by atoms with Crippen LogP contribution in [0.5, 0.6) is 0 Å². The van der Waals surface area contributed by atoms with Gasteiger partial charge in [-0.2, -0.15) is 0 Å². The van der Waals surface area contributed by atoms with Crippen molar-refractivity contribution in [1.82, 2.24) is 10.4 Å². The number of hydroxylamine groups is 2. The molecule has 5 nitrogen and oxygen atoms in total. The van der Waals surface area contributed by atoms with Gasteiger partial charge in [-0.3, -0.25) is 9.63 Å². The second kappa shape index (κ2) is 4.32. The van der Waals surface area contributed by atoms with E-state index in [0.29, 0.717) is 0 Å². The van der Waals surface area contributed by atoms with Crippen LogP contribution in [0.3, 0.4) is 0 Å². The summed E-state index contributed by atoms with van der Waals surface area (Å²) >= 11 is 0. The van der Waals surface area contributed by atoms with Crippen molar-refractivity contribution < 1.29 is 14.4 Å². The number of urea groups is 1. The predicted molar refractivity (Wildman–Crippen MR) is 56.2 cm³/mol. The summed E-state index contributed by atoms with van der Waals surface area (Å²) in [5.74, 6) is -0.377. The van der Waals surface area contributed by atoms with E-state index in [1.165, 1.54) is 0 Å². The van der Waals surface area contributed by atoms with E-state index in [0.717, 1.165) is 10.6 Å². The fourth-order valence-corrected chi connectivity index (χ4v) is 1.58. The van der Waals surface area contributed by atoms with Gasteiger partial charge in [-0.05, 0) is 12.5 Å². The van der Waals surface area contributed by atoms with Crippen molar-refractivity contribution in [2.75, 3.05) is 6.61 Å². The maximum absolute atomic E-state index is 11.8. The second-order valence-corrected chi connectivity index (χ2v) is 3.34. The van der Waals surface area contributed by atoms with Gasteiger partial charge in [0.15, 0.2) is 0 Å². The van der Waals surface area contributed by atoms with Crippen molar-refractivity contribution in [2.24, 2.45) is 0 Å². The molecule has 0 aliphatic carbocycles. The SMILES string of the molecule is CCON1C(=O)NC(c2ccccc2)C1=O. The minimum Gasteiger partial charge on any atom is -0.320 e. The van der Waals surface area contributed by atoms with E-state index in [2.05, 4.69) is 5.32 Å². The van der Waals surface area contributed by atoms with E-state index in [1.807, 2.05) is 18.2 Å². The minimum absolute atomic E-state index is 0.278. The first kappa shape index (κ1) is 10.6. The maximum atomic E-state index is 11.8. The monoisotopic (exact) mass is 220 g/mol. The van der Waals surface area contributed by atoms with Gasteiger partial charge in [-0.25, -0.2) is 4.79 Å². The van der Waals surface area contributed by atoms with Crippen molar-refractivity contribution in [3.63, 3.8) is 0 Å². The molecule has 0 aromatic heterocycles. The molecule has 84 valence electrons. The Morgan fingerprint density at radius 3 is 2.62 bits per heavy atom. The third kappa shape index (κ3) is 1.77. The number of hydrogen-bond donors (Lipinski definition) is 1. The van der Waals surface area contributed by atoms with E-state index in [1.54, 1.807) is 19.1 Å². The van der Waals surface area contributed by atoms with Gasteiger partial charge in [0.25, 0.3) is 5.91 Å². The van der Waals surface area contributed by atoms with Gasteiger partial charge >= 0.3 is 6.03 Å². The van der Waals surface area contributed by atoms with E-state index in [-0.39, 0.29) is 12.5 Å². The van der Waals surface area contributed by atoms with Crippen LogP contribution in [0.1, 0.15) is 18.5 Å². The number of hydrogen-bond acceptors (Lipinski definition) is 3. The molecule has 2 rings (SSSR count). The molecule has 1 atom stereocenters. The lowest BCUT2D eigenvalue weighted by atomic mass is 10.1. The zero-order valence-electron chi connectivity index (χ0n) is 8.84. The molecule has 1 aromatic rings. The van der Waals surface area contributed by atoms with Crippen LogP contribution in [0.4, 0.5) is 4.79 Å². The molecular weight excluding hydrogens is 208 g/mol. The van der Waals surface area contributed by atoms with Gasteiger partial charge < -0.3 is 5.32 Å². The summed E-state index contributed by atoms with van der Waals surface area (Å²) in [7, 11) is 0. The lowest BCUT2D eigenvalue weighted by Crippen LogP contribution is -2.31. The van der Waals surface area contributed by atoms with E-state index in [4.69, 9.17) is 4.84 Å². The van der Waals surface area contributed by atoms with Crippen LogP contribution < -0.4 is 5.32 Å². The molecule has 0 radical (unpaired) electrons. The molecule has 16 heavy (non-hydrogen) atoms. The summed E-state index contributed by atoms with van der Waals surface area (Å²) in [5, 5.41) is 3.34. The van der Waals surface area contributed by atoms with Gasteiger partial charge in [0, 0.05) is 0 Å². The second-order valence-electron chi connectivity index (χ2n) is 3.34. The lowest BCUT2D eigenvalue weighted by molar-refractivity contribution is -0.162. The number of nitrogens with one attached hydrogen (secondary N) is 1. The van der Waals surface area contributed by atoms with E-state index < -0.39 is 12.1 Å². The van der Waals surface area contributed by atoms with Crippen LogP contribution in [-0.4, -0.2) is 23.6 Å². The predicted octanol–water partition coefficient (Wildman–Crippen LogP) is 1.23. The molecule has 1 saturated heterocycles. The molecule has 1 heterocycles. The number of carbonyl (C=O) groups is 2. The topological polar surface area (TPSA) is 58.6 Å². The third-order valence-corrected chi connectivity index (χ3v) is 2.29. The highest BCUT2D eigenvalue weighted by Crippen LogP contribution is 2.21. The highest BCUT2D eigenvalue weighted by atomic mass is 16.7. The van der Waals surface area contributed by atoms with Gasteiger partial charge in [0.05, 0.1) is 6.61 Å². The summed E-state index contributed by atoms with van der Waals surface area (Å²) in [6.07, 6.45) is 0. The van der Waals surface area contributed by atoms with Crippen LogP contribution in [0.25, 0.3) is 0 Å². The van der Waals surface area contributed by atoms with Crippen molar-refractivity contribution in [3.8, 4) is 0 Å². The molecule has 1 aliphatic heterocycles. The number of benzene rings is 1. The summed E-state index contributed by atoms with van der Waals surface area (Å²) in [5.41, 5.74) is 0.753. The Bertz CT molecular complexity index is 405. The average molecular weight is 220 g/mol. The first-order valence-corrected chi connectivity index (χ1v) is 5.06. The summed E-state index contributed by atoms with van der Waals surface area (Å²) in [6.45, 7) is 2.00. The quantitative estimate of drug-likeness (QED) is 0.779. The van der Waals surface area contributed by atoms with Crippen molar-refractivity contribution >= 4 is 11.9 Å². The molecule has 1 aromatic carbocycles. The van der Waals surface area contributed by atoms with Crippen molar-refractivity contribution in [1.29, 1.82) is 0 Å². The van der Waals surface area contributed by atoms with Crippen LogP contribution in [0.15, 0.2) is 30.3 Å². The molecule has 3 amide bonds. The zero-order chi connectivity index (χ0) is 11.5. The fourth-order valence-electron chi connectivity index (χ4n) is 1.58. The van der Waals surface area contributed by atoms with E-state index in [9.17, 15) is 9.59 Å². The van der Waals surface area contributed by atoms with Gasteiger partial charge in [-0.1, -0.05) is 30.3 Å². The Morgan fingerprint density at radius 2 is 2.00 bits per heavy atom. The molecule has 1 N–H and O–H groups in total. The first-order chi connectivity index (χ1) is 7.74. The Labute approximate surface area is 93.0 Å². The number of imide groups is 1. The van der Waals surface area contributed by atoms with Gasteiger partial charge in [0.1, 0.15) is 6.04 Å². The summed E-state index contributed by atoms with van der Waals surface area (Å²) in [6, 6.07) is 7.92. The number of nitrogens with zero attached hydrogens (tertiary/aromatic N) is 1. The van der Waals surface area contributed by atoms with Gasteiger partial charge in [-0.15, -0.1) is 5.06 Å². The van der Waals surface area contributed by atoms with Gasteiger partial charge in [0.2, 0.25) is 0 Å². The average Bonchev–Trinajstić information content (AvgIpc) is 2.59. The molecule has 0 saturated carbocycles. The summed E-state index contributed by atoms with van der Waals surface area (Å²) in [4.78, 5) is 28.2. The van der Waals surface area contributed by atoms with Crippen LogP contribution in [-0.2, 0) is 9.63 Å². The standard InChI is InChI=1S/C11H12N2O3/c1-2-16-13-10(14)9(12-11(13)15)8-6-4-3-5-7-8/h3-7,9H,2H2,1H3,(H,12,15). The van der Waals surface area contributed by atoms with Crippen molar-refractivity contribution in [2.45, 2.75) is 13.0 Å². The number of carbonyl (C=O) groups excluding carboxylic acids is 2. The Balaban J connectivity index is 2.21. The van der Waals surface area contributed by atoms with Crippen LogP contribution in [0, 0.1) is 0 Å². The molecule has 5 heteroatoms. The molecule has 1 unspecified atom stereocenters. The largest absolute Gasteiger partial charge is 0.349 e. The number of amides is 3. The van der Waals surface area contributed by atoms with Crippen LogP contribution in [0.2, 0.25) is 0 Å². The minimum atomic E-state index is -0.639. The fraction of sp³-hybridized carbons (Fsp3) is 0.273. The first-order valence-electron chi connectivity index (χ1n) is 5.06. The highest BCUT2D eigenvalue weighted by Gasteiger charge is 2.39. The maximum Gasteiger partial charge on any atom is 0.349 e. The van der Waals surface area contributed by atoms with Crippen LogP contribution >= 0.6 is 0 Å². The molecule has 1 aliphatic rings. The van der Waals surface area contributed by atoms with Crippen molar-refractivity contribution in [3.05, 3.63) is 35.9 Å². The summed E-state index contributed by atoms with van der Waals surface area (Å²) < 4.78 is 0. The van der Waals surface area contributed by atoms with E-state index >= 15 is 0 Å². The highest BCUT2D eigenvalue weighted by molar-refractivity contribution is 6.03. The zero-order valence-corrected chi connectivity index (χ0v) is 8.84. The Morgan fingerprint density at radius 1 is 1.31 bits per heavy atom. The molecule has 1 fully saturated rings. The number of rotatable bonds is 3. The smallest absolute Gasteiger partial charge is 0.320 e. The lowest BCUT2D eigenvalue weighted by Gasteiger charge is -2.10. The molecular formula is C11H12N2O3. The molecule has 0 spiro atoms. The molecule has 0 bridgehead atoms.